The fourth-order valence-corrected chi connectivity index (χ4v) is 3.33. The standard InChI is InChI=1S/C21H17BrFN3/c1-13-9-10-26-19(11-13)25-20(16-12-15(22)7-8-17(16)23)21(26)24-18-6-4-3-5-14(18)2/h3-12,24H,1-2H3. The molecule has 26 heavy (non-hydrogen) atoms. The van der Waals surface area contributed by atoms with Gasteiger partial charge in [0.2, 0.25) is 0 Å². The van der Waals surface area contributed by atoms with Gasteiger partial charge in [-0.15, -0.1) is 0 Å². The van der Waals surface area contributed by atoms with E-state index < -0.39 is 0 Å². The number of benzene rings is 2. The molecule has 4 aromatic rings. The number of aromatic nitrogens is 2. The van der Waals surface area contributed by atoms with Crippen molar-refractivity contribution in [1.29, 1.82) is 0 Å². The van der Waals surface area contributed by atoms with Gasteiger partial charge in [0.15, 0.2) is 0 Å². The minimum atomic E-state index is -0.304. The molecular formula is C21H17BrFN3. The number of hydrogen-bond donors (Lipinski definition) is 1. The summed E-state index contributed by atoms with van der Waals surface area (Å²) in [5, 5.41) is 3.45. The third kappa shape index (κ3) is 2.99. The maximum absolute atomic E-state index is 14.6. The monoisotopic (exact) mass is 409 g/mol. The van der Waals surface area contributed by atoms with Crippen molar-refractivity contribution in [2.45, 2.75) is 13.8 Å². The molecule has 2 aromatic heterocycles. The molecule has 3 nitrogen and oxygen atoms in total. The van der Waals surface area contributed by atoms with Gasteiger partial charge in [0.05, 0.1) is 0 Å². The normalized spacial score (nSPS) is 11.1. The van der Waals surface area contributed by atoms with Gasteiger partial charge in [-0.1, -0.05) is 34.1 Å². The van der Waals surface area contributed by atoms with E-state index in [1.807, 2.05) is 60.8 Å². The number of para-hydroxylation sites is 1. The zero-order valence-electron chi connectivity index (χ0n) is 14.4. The molecule has 0 amide bonds. The highest BCUT2D eigenvalue weighted by molar-refractivity contribution is 9.10. The van der Waals surface area contributed by atoms with Gasteiger partial charge in [-0.3, -0.25) is 4.40 Å². The van der Waals surface area contributed by atoms with Crippen LogP contribution in [-0.2, 0) is 0 Å². The summed E-state index contributed by atoms with van der Waals surface area (Å²) in [7, 11) is 0. The molecule has 0 bridgehead atoms. The topological polar surface area (TPSA) is 29.3 Å². The van der Waals surface area contributed by atoms with Gasteiger partial charge in [-0.25, -0.2) is 9.37 Å². The van der Waals surface area contributed by atoms with Crippen LogP contribution in [0, 0.1) is 19.7 Å². The predicted octanol–water partition coefficient (Wildman–Crippen LogP) is 6.26. The number of imidazole rings is 1. The van der Waals surface area contributed by atoms with Crippen LogP contribution in [0.15, 0.2) is 65.3 Å². The Balaban J connectivity index is 1.97. The highest BCUT2D eigenvalue weighted by Gasteiger charge is 2.18. The summed E-state index contributed by atoms with van der Waals surface area (Å²) in [6.07, 6.45) is 1.96. The van der Waals surface area contributed by atoms with Gasteiger partial charge in [0, 0.05) is 21.9 Å². The second-order valence-corrected chi connectivity index (χ2v) is 7.22. The van der Waals surface area contributed by atoms with Crippen molar-refractivity contribution < 1.29 is 4.39 Å². The maximum Gasteiger partial charge on any atom is 0.143 e. The molecule has 0 radical (unpaired) electrons. The zero-order valence-corrected chi connectivity index (χ0v) is 16.0. The van der Waals surface area contributed by atoms with Crippen molar-refractivity contribution in [1.82, 2.24) is 9.38 Å². The quantitative estimate of drug-likeness (QED) is 0.432. The van der Waals surface area contributed by atoms with E-state index in [1.54, 1.807) is 12.1 Å². The third-order valence-corrected chi connectivity index (χ3v) is 4.86. The van der Waals surface area contributed by atoms with Crippen LogP contribution in [0.5, 0.6) is 0 Å². The molecule has 0 saturated heterocycles. The number of nitrogens with one attached hydrogen (secondary N) is 1. The molecule has 4 rings (SSSR count). The summed E-state index contributed by atoms with van der Waals surface area (Å²) >= 11 is 3.43. The van der Waals surface area contributed by atoms with Gasteiger partial charge in [-0.2, -0.15) is 0 Å². The largest absolute Gasteiger partial charge is 0.339 e. The maximum atomic E-state index is 14.6. The number of anilines is 2. The lowest BCUT2D eigenvalue weighted by atomic mass is 10.1. The summed E-state index contributed by atoms with van der Waals surface area (Å²) < 4.78 is 17.3. The van der Waals surface area contributed by atoms with Crippen LogP contribution in [0.25, 0.3) is 16.9 Å². The molecule has 0 aliphatic heterocycles. The average molecular weight is 410 g/mol. The van der Waals surface area contributed by atoms with Crippen molar-refractivity contribution in [3.05, 3.63) is 82.2 Å². The summed E-state index contributed by atoms with van der Waals surface area (Å²) in [4.78, 5) is 4.71. The number of pyridine rings is 1. The fraction of sp³-hybridized carbons (Fsp3) is 0.0952. The third-order valence-electron chi connectivity index (χ3n) is 4.36. The molecular weight excluding hydrogens is 393 g/mol. The Morgan fingerprint density at radius 1 is 1.04 bits per heavy atom. The Kier molecular flexibility index (Phi) is 4.24. The van der Waals surface area contributed by atoms with E-state index in [1.165, 1.54) is 6.07 Å². The van der Waals surface area contributed by atoms with Crippen molar-refractivity contribution in [2.24, 2.45) is 0 Å². The van der Waals surface area contributed by atoms with E-state index in [0.29, 0.717) is 11.3 Å². The van der Waals surface area contributed by atoms with Gasteiger partial charge in [0.25, 0.3) is 0 Å². The molecule has 0 saturated carbocycles. The number of fused-ring (bicyclic) bond motifs is 1. The summed E-state index contributed by atoms with van der Waals surface area (Å²) in [6, 6.07) is 16.9. The van der Waals surface area contributed by atoms with E-state index in [9.17, 15) is 4.39 Å². The molecule has 0 fully saturated rings. The summed E-state index contributed by atoms with van der Waals surface area (Å²) in [5.41, 5.74) is 4.98. The lowest BCUT2D eigenvalue weighted by Gasteiger charge is -2.12. The van der Waals surface area contributed by atoms with Crippen LogP contribution >= 0.6 is 15.9 Å². The van der Waals surface area contributed by atoms with Crippen LogP contribution in [-0.4, -0.2) is 9.38 Å². The highest BCUT2D eigenvalue weighted by atomic mass is 79.9. The van der Waals surface area contributed by atoms with Crippen LogP contribution in [0.4, 0.5) is 15.9 Å². The van der Waals surface area contributed by atoms with E-state index >= 15 is 0 Å². The second-order valence-electron chi connectivity index (χ2n) is 6.31. The molecule has 0 aliphatic rings. The Bertz CT molecular complexity index is 1120. The molecule has 2 heterocycles. The SMILES string of the molecule is Cc1ccn2c(Nc3ccccc3C)c(-c3cc(Br)ccc3F)nc2c1. The molecule has 1 N–H and O–H groups in total. The van der Waals surface area contributed by atoms with Crippen LogP contribution in [0.2, 0.25) is 0 Å². The van der Waals surface area contributed by atoms with Gasteiger partial charge in [-0.05, 0) is 61.4 Å². The number of hydrogen-bond acceptors (Lipinski definition) is 2. The first-order chi connectivity index (χ1) is 12.5. The number of nitrogens with zero attached hydrogens (tertiary/aromatic N) is 2. The minimum Gasteiger partial charge on any atom is -0.339 e. The van der Waals surface area contributed by atoms with E-state index in [4.69, 9.17) is 4.98 Å². The smallest absolute Gasteiger partial charge is 0.143 e. The summed E-state index contributed by atoms with van der Waals surface area (Å²) in [6.45, 7) is 4.05. The van der Waals surface area contributed by atoms with Crippen molar-refractivity contribution in [2.75, 3.05) is 5.32 Å². The van der Waals surface area contributed by atoms with Crippen LogP contribution in [0.1, 0.15) is 11.1 Å². The molecule has 0 unspecified atom stereocenters. The molecule has 0 atom stereocenters. The summed E-state index contributed by atoms with van der Waals surface area (Å²) in [5.74, 6) is 0.437. The highest BCUT2D eigenvalue weighted by Crippen LogP contribution is 2.34. The van der Waals surface area contributed by atoms with Gasteiger partial charge in [0.1, 0.15) is 23.0 Å². The van der Waals surface area contributed by atoms with Crippen molar-refractivity contribution in [3.8, 4) is 11.3 Å². The number of aryl methyl sites for hydroxylation is 2. The Morgan fingerprint density at radius 3 is 2.65 bits per heavy atom. The first-order valence-electron chi connectivity index (χ1n) is 8.30. The fourth-order valence-electron chi connectivity index (χ4n) is 2.97. The average Bonchev–Trinajstić information content (AvgIpc) is 2.96. The number of rotatable bonds is 3. The van der Waals surface area contributed by atoms with Gasteiger partial charge >= 0.3 is 0 Å². The molecule has 0 aliphatic carbocycles. The molecule has 0 spiro atoms. The van der Waals surface area contributed by atoms with E-state index in [2.05, 4.69) is 21.2 Å². The predicted molar refractivity (Wildman–Crippen MR) is 107 cm³/mol. The van der Waals surface area contributed by atoms with E-state index in [0.717, 1.165) is 32.8 Å². The van der Waals surface area contributed by atoms with E-state index in [-0.39, 0.29) is 5.82 Å². The molecule has 130 valence electrons. The number of halogens is 2. The second kappa shape index (κ2) is 6.57. The molecule has 2 aromatic carbocycles. The van der Waals surface area contributed by atoms with Crippen LogP contribution < -0.4 is 5.32 Å². The molecule has 5 heteroatoms. The first-order valence-corrected chi connectivity index (χ1v) is 9.09. The Morgan fingerprint density at radius 2 is 1.85 bits per heavy atom. The lowest BCUT2D eigenvalue weighted by molar-refractivity contribution is 0.630. The van der Waals surface area contributed by atoms with Crippen molar-refractivity contribution in [3.63, 3.8) is 0 Å². The minimum absolute atomic E-state index is 0.304. The Labute approximate surface area is 159 Å². The first kappa shape index (κ1) is 16.8. The van der Waals surface area contributed by atoms with Crippen LogP contribution in [0.3, 0.4) is 0 Å². The Hall–Kier alpha value is -2.66. The van der Waals surface area contributed by atoms with Crippen molar-refractivity contribution >= 4 is 33.1 Å². The lowest BCUT2D eigenvalue weighted by Crippen LogP contribution is -1.99. The van der Waals surface area contributed by atoms with Gasteiger partial charge < -0.3 is 5.32 Å². The zero-order chi connectivity index (χ0) is 18.3.